The number of halogens is 2. The molecule has 0 saturated carbocycles. The van der Waals surface area contributed by atoms with E-state index in [0.717, 1.165) is 18.5 Å². The van der Waals surface area contributed by atoms with Gasteiger partial charge in [-0.1, -0.05) is 44.7 Å². The summed E-state index contributed by atoms with van der Waals surface area (Å²) in [6.07, 6.45) is 6.22. The first-order valence-electron chi connectivity index (χ1n) is 7.41. The van der Waals surface area contributed by atoms with Gasteiger partial charge in [-0.3, -0.25) is 0 Å². The molecule has 1 aromatic rings. The van der Waals surface area contributed by atoms with Crippen molar-refractivity contribution in [2.45, 2.75) is 58.6 Å². The molecule has 1 unspecified atom stereocenters. The lowest BCUT2D eigenvalue weighted by molar-refractivity contribution is -0.0499. The zero-order valence-electron chi connectivity index (χ0n) is 12.4. The van der Waals surface area contributed by atoms with Gasteiger partial charge in [-0.15, -0.1) is 0 Å². The maximum absolute atomic E-state index is 12.2. The molecule has 0 aliphatic rings. The lowest BCUT2D eigenvalue weighted by Crippen LogP contribution is -2.19. The Morgan fingerprint density at radius 3 is 2.60 bits per heavy atom. The van der Waals surface area contributed by atoms with Crippen LogP contribution in [0.3, 0.4) is 0 Å². The average molecular weight is 285 g/mol. The Labute approximate surface area is 120 Å². The van der Waals surface area contributed by atoms with Crippen molar-refractivity contribution < 1.29 is 13.5 Å². The van der Waals surface area contributed by atoms with Crippen molar-refractivity contribution in [2.75, 3.05) is 6.54 Å². The van der Waals surface area contributed by atoms with Crippen molar-refractivity contribution in [3.63, 3.8) is 0 Å². The van der Waals surface area contributed by atoms with Gasteiger partial charge in [0.2, 0.25) is 0 Å². The van der Waals surface area contributed by atoms with Gasteiger partial charge in [0, 0.05) is 6.04 Å². The highest BCUT2D eigenvalue weighted by Crippen LogP contribution is 2.20. The molecule has 0 bridgehead atoms. The molecule has 0 fully saturated rings. The fourth-order valence-corrected chi connectivity index (χ4v) is 2.13. The van der Waals surface area contributed by atoms with E-state index in [-0.39, 0.29) is 11.8 Å². The topological polar surface area (TPSA) is 21.3 Å². The second kappa shape index (κ2) is 9.70. The molecule has 1 rings (SSSR count). The molecular formula is C16H25F2NO. The predicted molar refractivity (Wildman–Crippen MR) is 78.3 cm³/mol. The van der Waals surface area contributed by atoms with Gasteiger partial charge in [-0.25, -0.2) is 0 Å². The number of rotatable bonds is 10. The second-order valence-corrected chi connectivity index (χ2v) is 5.04. The smallest absolute Gasteiger partial charge is 0.387 e. The van der Waals surface area contributed by atoms with Crippen LogP contribution in [-0.2, 0) is 0 Å². The molecule has 114 valence electrons. The summed E-state index contributed by atoms with van der Waals surface area (Å²) in [5.74, 6) is 0.217. The summed E-state index contributed by atoms with van der Waals surface area (Å²) in [5.41, 5.74) is 0.969. The minimum atomic E-state index is -2.77. The van der Waals surface area contributed by atoms with Gasteiger partial charge in [-0.05, 0) is 37.6 Å². The summed E-state index contributed by atoms with van der Waals surface area (Å²) in [5, 5.41) is 3.41. The lowest BCUT2D eigenvalue weighted by atomic mass is 10.1. The summed E-state index contributed by atoms with van der Waals surface area (Å²) >= 11 is 0. The molecule has 1 N–H and O–H groups in total. The molecule has 0 aromatic heterocycles. The number of nitrogens with one attached hydrogen (secondary N) is 1. The van der Waals surface area contributed by atoms with Crippen LogP contribution < -0.4 is 10.1 Å². The molecule has 0 radical (unpaired) electrons. The molecule has 0 saturated heterocycles. The molecule has 0 aliphatic carbocycles. The zero-order valence-corrected chi connectivity index (χ0v) is 12.4. The highest BCUT2D eigenvalue weighted by Gasteiger charge is 2.08. The van der Waals surface area contributed by atoms with E-state index in [1.54, 1.807) is 18.2 Å². The standard InChI is InChI=1S/C16H25F2NO/c1-3-4-5-6-7-11-19-13(2)14-9-8-10-15(12-14)20-16(17)18/h8-10,12-13,16,19H,3-7,11H2,1-2H3. The monoisotopic (exact) mass is 285 g/mol. The fourth-order valence-electron chi connectivity index (χ4n) is 2.13. The predicted octanol–water partition coefficient (Wildman–Crippen LogP) is 4.91. The molecule has 2 nitrogen and oxygen atoms in total. The van der Waals surface area contributed by atoms with Crippen LogP contribution >= 0.6 is 0 Å². The summed E-state index contributed by atoms with van der Waals surface area (Å²) in [7, 11) is 0. The molecule has 0 amide bonds. The van der Waals surface area contributed by atoms with Crippen molar-refractivity contribution in [2.24, 2.45) is 0 Å². The van der Waals surface area contributed by atoms with E-state index in [9.17, 15) is 8.78 Å². The third-order valence-electron chi connectivity index (χ3n) is 3.31. The lowest BCUT2D eigenvalue weighted by Gasteiger charge is -2.15. The average Bonchev–Trinajstić information content (AvgIpc) is 2.42. The number of benzene rings is 1. The van der Waals surface area contributed by atoms with Gasteiger partial charge in [0.15, 0.2) is 0 Å². The number of hydrogen-bond donors (Lipinski definition) is 1. The first kappa shape index (κ1) is 16.9. The third kappa shape index (κ3) is 6.85. The van der Waals surface area contributed by atoms with Crippen LogP contribution in [0.5, 0.6) is 5.75 Å². The number of hydrogen-bond acceptors (Lipinski definition) is 2. The summed E-state index contributed by atoms with van der Waals surface area (Å²) in [6, 6.07) is 7.02. The third-order valence-corrected chi connectivity index (χ3v) is 3.31. The Balaban J connectivity index is 2.33. The van der Waals surface area contributed by atoms with E-state index in [4.69, 9.17) is 0 Å². The highest BCUT2D eigenvalue weighted by molar-refractivity contribution is 5.30. The van der Waals surface area contributed by atoms with E-state index >= 15 is 0 Å². The van der Waals surface area contributed by atoms with Crippen LogP contribution in [-0.4, -0.2) is 13.2 Å². The molecule has 1 atom stereocenters. The fraction of sp³-hybridized carbons (Fsp3) is 0.625. The van der Waals surface area contributed by atoms with Crippen LogP contribution in [0, 0.1) is 0 Å². The van der Waals surface area contributed by atoms with Crippen molar-refractivity contribution >= 4 is 0 Å². The van der Waals surface area contributed by atoms with Crippen LogP contribution in [0.25, 0.3) is 0 Å². The Bertz CT molecular complexity index is 371. The van der Waals surface area contributed by atoms with Crippen molar-refractivity contribution in [3.05, 3.63) is 29.8 Å². The first-order chi connectivity index (χ1) is 9.63. The summed E-state index contributed by atoms with van der Waals surface area (Å²) in [4.78, 5) is 0. The van der Waals surface area contributed by atoms with Gasteiger partial charge >= 0.3 is 6.61 Å². The van der Waals surface area contributed by atoms with Crippen LogP contribution in [0.4, 0.5) is 8.78 Å². The summed E-state index contributed by atoms with van der Waals surface area (Å²) in [6.45, 7) is 2.42. The van der Waals surface area contributed by atoms with Gasteiger partial charge in [-0.2, -0.15) is 8.78 Å². The molecular weight excluding hydrogens is 260 g/mol. The molecule has 4 heteroatoms. The molecule has 0 heterocycles. The van der Waals surface area contributed by atoms with Crippen LogP contribution in [0.1, 0.15) is 57.6 Å². The van der Waals surface area contributed by atoms with E-state index in [0.29, 0.717) is 0 Å². The van der Waals surface area contributed by atoms with E-state index in [1.165, 1.54) is 25.7 Å². The first-order valence-corrected chi connectivity index (χ1v) is 7.41. The van der Waals surface area contributed by atoms with Crippen molar-refractivity contribution in [1.82, 2.24) is 5.32 Å². The van der Waals surface area contributed by atoms with Gasteiger partial charge in [0.1, 0.15) is 5.75 Å². The largest absolute Gasteiger partial charge is 0.435 e. The molecule has 0 spiro atoms. The Morgan fingerprint density at radius 2 is 1.90 bits per heavy atom. The van der Waals surface area contributed by atoms with Crippen molar-refractivity contribution in [1.29, 1.82) is 0 Å². The Hall–Kier alpha value is -1.16. The zero-order chi connectivity index (χ0) is 14.8. The van der Waals surface area contributed by atoms with E-state index in [1.807, 2.05) is 13.0 Å². The molecule has 1 aromatic carbocycles. The van der Waals surface area contributed by atoms with Gasteiger partial charge in [0.05, 0.1) is 0 Å². The van der Waals surface area contributed by atoms with Gasteiger partial charge < -0.3 is 10.1 Å². The number of alkyl halides is 2. The number of ether oxygens (including phenoxy) is 1. The number of unbranched alkanes of at least 4 members (excludes halogenated alkanes) is 4. The Kier molecular flexibility index (Phi) is 8.19. The Morgan fingerprint density at radius 1 is 1.15 bits per heavy atom. The van der Waals surface area contributed by atoms with E-state index in [2.05, 4.69) is 17.0 Å². The van der Waals surface area contributed by atoms with Crippen molar-refractivity contribution in [3.8, 4) is 5.75 Å². The minimum absolute atomic E-state index is 0.141. The quantitative estimate of drug-likeness (QED) is 0.617. The maximum atomic E-state index is 12.2. The van der Waals surface area contributed by atoms with Gasteiger partial charge in [0.25, 0.3) is 0 Å². The van der Waals surface area contributed by atoms with E-state index < -0.39 is 6.61 Å². The minimum Gasteiger partial charge on any atom is -0.435 e. The van der Waals surface area contributed by atoms with Crippen LogP contribution in [0.2, 0.25) is 0 Å². The second-order valence-electron chi connectivity index (χ2n) is 5.04. The highest BCUT2D eigenvalue weighted by atomic mass is 19.3. The normalized spacial score (nSPS) is 12.7. The maximum Gasteiger partial charge on any atom is 0.387 e. The SMILES string of the molecule is CCCCCCCNC(C)c1cccc(OC(F)F)c1. The summed E-state index contributed by atoms with van der Waals surface area (Å²) < 4.78 is 28.7. The molecule has 0 aliphatic heterocycles. The van der Waals surface area contributed by atoms with Crippen LogP contribution in [0.15, 0.2) is 24.3 Å². The molecule has 20 heavy (non-hydrogen) atoms.